The van der Waals surface area contributed by atoms with Gasteiger partial charge in [-0.1, -0.05) is 13.3 Å². The normalized spacial score (nSPS) is 10.7. The van der Waals surface area contributed by atoms with Gasteiger partial charge < -0.3 is 0 Å². The van der Waals surface area contributed by atoms with E-state index in [1.54, 1.807) is 6.92 Å². The molecular weight excluding hydrogens is 175 g/mol. The topological polar surface area (TPSA) is 43.4 Å². The van der Waals surface area contributed by atoms with Crippen molar-refractivity contribution in [1.29, 1.82) is 0 Å². The summed E-state index contributed by atoms with van der Waals surface area (Å²) in [5, 5.41) is 0. The molecular formula is C6H15NaO3S. The van der Waals surface area contributed by atoms with Gasteiger partial charge in [-0.15, -0.1) is 0 Å². The predicted octanol–water partition coefficient (Wildman–Crippen LogP) is 0.504. The number of hydrogen-bond acceptors (Lipinski definition) is 3. The van der Waals surface area contributed by atoms with Crippen LogP contribution < -0.4 is 0 Å². The Kier molecular flexibility index (Phi) is 9.91. The van der Waals surface area contributed by atoms with E-state index in [0.29, 0.717) is 6.42 Å². The standard InChI is InChI=1S/C6H14O3S.Na.H/c1-3-5-6-10(7,8)9-4-2;;/h3-6H2,1-2H3;;. The number of hydrogen-bond donors (Lipinski definition) is 0. The molecule has 0 unspecified atom stereocenters. The van der Waals surface area contributed by atoms with Crippen LogP contribution in [0.1, 0.15) is 26.7 Å². The molecule has 0 bridgehead atoms. The second-order valence-electron chi connectivity index (χ2n) is 2.02. The Bertz CT molecular complexity index is 165. The zero-order valence-electron chi connectivity index (χ0n) is 6.46. The van der Waals surface area contributed by atoms with Crippen molar-refractivity contribution >= 4 is 39.7 Å². The third-order valence-corrected chi connectivity index (χ3v) is 2.43. The summed E-state index contributed by atoms with van der Waals surface area (Å²) >= 11 is 0. The van der Waals surface area contributed by atoms with E-state index < -0.39 is 10.1 Å². The molecule has 0 aromatic heterocycles. The first-order valence-electron chi connectivity index (χ1n) is 3.49. The van der Waals surface area contributed by atoms with Gasteiger partial charge in [-0.2, -0.15) is 8.42 Å². The quantitative estimate of drug-likeness (QED) is 0.468. The van der Waals surface area contributed by atoms with Crippen molar-refractivity contribution in [2.45, 2.75) is 26.7 Å². The molecule has 5 heteroatoms. The number of rotatable bonds is 5. The molecule has 0 N–H and O–H groups in total. The monoisotopic (exact) mass is 190 g/mol. The fourth-order valence-corrected chi connectivity index (χ4v) is 1.68. The van der Waals surface area contributed by atoms with E-state index >= 15 is 0 Å². The molecule has 0 radical (unpaired) electrons. The molecule has 0 aliphatic rings. The molecule has 0 fully saturated rings. The van der Waals surface area contributed by atoms with Crippen molar-refractivity contribution in [3.8, 4) is 0 Å². The second-order valence-corrected chi connectivity index (χ2v) is 3.78. The van der Waals surface area contributed by atoms with Gasteiger partial charge in [0, 0.05) is 0 Å². The van der Waals surface area contributed by atoms with Gasteiger partial charge >= 0.3 is 29.6 Å². The van der Waals surface area contributed by atoms with Gasteiger partial charge in [0.15, 0.2) is 0 Å². The van der Waals surface area contributed by atoms with Crippen molar-refractivity contribution in [2.75, 3.05) is 12.4 Å². The van der Waals surface area contributed by atoms with E-state index in [0.717, 1.165) is 6.42 Å². The Balaban J connectivity index is 0. The van der Waals surface area contributed by atoms with Crippen LogP contribution in [0.4, 0.5) is 0 Å². The fraction of sp³-hybridized carbons (Fsp3) is 1.00. The average molecular weight is 190 g/mol. The molecule has 0 aliphatic carbocycles. The third-order valence-electron chi connectivity index (χ3n) is 1.05. The van der Waals surface area contributed by atoms with Crippen LogP contribution in [0.15, 0.2) is 0 Å². The van der Waals surface area contributed by atoms with Crippen LogP contribution >= 0.6 is 0 Å². The van der Waals surface area contributed by atoms with Crippen LogP contribution in [0.3, 0.4) is 0 Å². The summed E-state index contributed by atoms with van der Waals surface area (Å²) in [4.78, 5) is 0. The molecule has 0 saturated heterocycles. The molecule has 0 rings (SSSR count). The van der Waals surface area contributed by atoms with Crippen LogP contribution in [-0.4, -0.2) is 50.3 Å². The Morgan fingerprint density at radius 2 is 1.82 bits per heavy atom. The maximum atomic E-state index is 10.8. The van der Waals surface area contributed by atoms with Crippen LogP contribution in [0.5, 0.6) is 0 Å². The predicted molar refractivity (Wildman–Crippen MR) is 47.5 cm³/mol. The number of unbranched alkanes of at least 4 members (excludes halogenated alkanes) is 1. The minimum atomic E-state index is -3.19. The first kappa shape index (κ1) is 14.4. The van der Waals surface area contributed by atoms with E-state index in [1.807, 2.05) is 6.92 Å². The van der Waals surface area contributed by atoms with Crippen molar-refractivity contribution < 1.29 is 12.6 Å². The molecule has 64 valence electrons. The van der Waals surface area contributed by atoms with E-state index in [1.165, 1.54) is 0 Å². The van der Waals surface area contributed by atoms with Gasteiger partial charge in [0.05, 0.1) is 12.4 Å². The summed E-state index contributed by atoms with van der Waals surface area (Å²) in [6.45, 7) is 3.86. The summed E-state index contributed by atoms with van der Waals surface area (Å²) < 4.78 is 26.0. The zero-order valence-corrected chi connectivity index (χ0v) is 7.28. The van der Waals surface area contributed by atoms with Gasteiger partial charge in [-0.25, -0.2) is 0 Å². The van der Waals surface area contributed by atoms with Gasteiger partial charge in [0.2, 0.25) is 0 Å². The minimum absolute atomic E-state index is 0. The SMILES string of the molecule is CCCCS(=O)(=O)OCC.[NaH]. The summed E-state index contributed by atoms with van der Waals surface area (Å²) in [6.07, 6.45) is 1.56. The maximum absolute atomic E-state index is 10.8. The fourth-order valence-electron chi connectivity index (χ4n) is 0.560. The van der Waals surface area contributed by atoms with Gasteiger partial charge in [-0.3, -0.25) is 4.18 Å². The first-order valence-corrected chi connectivity index (χ1v) is 5.07. The van der Waals surface area contributed by atoms with Crippen LogP contribution in [0.25, 0.3) is 0 Å². The van der Waals surface area contributed by atoms with Crippen molar-refractivity contribution in [1.82, 2.24) is 0 Å². The molecule has 0 saturated carbocycles. The van der Waals surface area contributed by atoms with E-state index in [2.05, 4.69) is 4.18 Å². The van der Waals surface area contributed by atoms with E-state index in [9.17, 15) is 8.42 Å². The Labute approximate surface area is 90.9 Å². The Morgan fingerprint density at radius 1 is 1.27 bits per heavy atom. The molecule has 0 amide bonds. The molecule has 0 heterocycles. The Morgan fingerprint density at radius 3 is 2.18 bits per heavy atom. The summed E-state index contributed by atoms with van der Waals surface area (Å²) in [5.74, 6) is 0.150. The molecule has 0 atom stereocenters. The molecule has 0 aliphatic heterocycles. The molecule has 0 spiro atoms. The van der Waals surface area contributed by atoms with Crippen LogP contribution in [0, 0.1) is 0 Å². The first-order chi connectivity index (χ1) is 4.62. The molecule has 11 heavy (non-hydrogen) atoms. The summed E-state index contributed by atoms with van der Waals surface area (Å²) in [6, 6.07) is 0. The van der Waals surface area contributed by atoms with Crippen LogP contribution in [-0.2, 0) is 14.3 Å². The van der Waals surface area contributed by atoms with E-state index in [4.69, 9.17) is 0 Å². The van der Waals surface area contributed by atoms with Gasteiger partial charge in [0.25, 0.3) is 10.1 Å². The van der Waals surface area contributed by atoms with E-state index in [-0.39, 0.29) is 41.9 Å². The average Bonchev–Trinajstić information content (AvgIpc) is 1.84. The zero-order chi connectivity index (χ0) is 8.04. The van der Waals surface area contributed by atoms with Gasteiger partial charge in [0.1, 0.15) is 0 Å². The third kappa shape index (κ3) is 8.82. The van der Waals surface area contributed by atoms with Crippen LogP contribution in [0.2, 0.25) is 0 Å². The Hall–Kier alpha value is 0.910. The van der Waals surface area contributed by atoms with Crippen molar-refractivity contribution in [2.24, 2.45) is 0 Å². The molecule has 0 aromatic rings. The van der Waals surface area contributed by atoms with Crippen molar-refractivity contribution in [3.05, 3.63) is 0 Å². The molecule has 3 nitrogen and oxygen atoms in total. The molecule has 0 aromatic carbocycles. The summed E-state index contributed by atoms with van der Waals surface area (Å²) in [5.41, 5.74) is 0. The van der Waals surface area contributed by atoms with Crippen molar-refractivity contribution in [3.63, 3.8) is 0 Å². The second kappa shape index (κ2) is 7.55. The van der Waals surface area contributed by atoms with Gasteiger partial charge in [-0.05, 0) is 13.3 Å². The summed E-state index contributed by atoms with van der Waals surface area (Å²) in [7, 11) is -3.19.